The number of carbonyl (C=O) groups is 1. The Bertz CT molecular complexity index is 565. The standard InChI is InChI=1S/C14H12N2O/c15-16-12-9-5-4-8-11(12)13(14(16)17)10-6-2-1-3-7-10/h1-9,13H,15H2. The van der Waals surface area contributed by atoms with Crippen LogP contribution in [0, 0.1) is 0 Å². The first-order valence-electron chi connectivity index (χ1n) is 5.51. The molecule has 0 bridgehead atoms. The predicted molar refractivity (Wildman–Crippen MR) is 66.4 cm³/mol. The van der Waals surface area contributed by atoms with Gasteiger partial charge in [-0.05, 0) is 17.2 Å². The van der Waals surface area contributed by atoms with Crippen molar-refractivity contribution in [3.63, 3.8) is 0 Å². The second-order valence-corrected chi connectivity index (χ2v) is 4.11. The van der Waals surface area contributed by atoms with Crippen molar-refractivity contribution in [1.82, 2.24) is 0 Å². The van der Waals surface area contributed by atoms with Crippen molar-refractivity contribution < 1.29 is 4.79 Å². The van der Waals surface area contributed by atoms with E-state index in [0.29, 0.717) is 0 Å². The average Bonchev–Trinajstić information content (AvgIpc) is 2.64. The lowest BCUT2D eigenvalue weighted by Crippen LogP contribution is -2.35. The molecule has 3 nitrogen and oxygen atoms in total. The Morgan fingerprint density at radius 3 is 2.35 bits per heavy atom. The fourth-order valence-corrected chi connectivity index (χ4v) is 2.31. The van der Waals surface area contributed by atoms with Crippen molar-refractivity contribution in [2.45, 2.75) is 5.92 Å². The van der Waals surface area contributed by atoms with Gasteiger partial charge >= 0.3 is 0 Å². The molecular formula is C14H12N2O. The zero-order valence-electron chi connectivity index (χ0n) is 9.21. The number of amides is 1. The van der Waals surface area contributed by atoms with Crippen molar-refractivity contribution in [3.8, 4) is 0 Å². The van der Waals surface area contributed by atoms with Crippen molar-refractivity contribution in [3.05, 3.63) is 65.7 Å². The van der Waals surface area contributed by atoms with E-state index >= 15 is 0 Å². The summed E-state index contributed by atoms with van der Waals surface area (Å²) in [7, 11) is 0. The smallest absolute Gasteiger partial charge is 0.253 e. The molecule has 2 aromatic carbocycles. The molecule has 0 saturated carbocycles. The van der Waals surface area contributed by atoms with Gasteiger partial charge in [0.2, 0.25) is 0 Å². The molecule has 0 fully saturated rings. The number of hydrogen-bond donors (Lipinski definition) is 1. The molecule has 3 heteroatoms. The molecule has 17 heavy (non-hydrogen) atoms. The molecule has 1 unspecified atom stereocenters. The SMILES string of the molecule is NN1C(=O)C(c2ccccc2)c2ccccc21. The summed E-state index contributed by atoms with van der Waals surface area (Å²) in [4.78, 5) is 12.2. The van der Waals surface area contributed by atoms with Crippen LogP contribution < -0.4 is 10.9 Å². The second-order valence-electron chi connectivity index (χ2n) is 4.11. The number of hydrogen-bond acceptors (Lipinski definition) is 2. The lowest BCUT2D eigenvalue weighted by Gasteiger charge is -2.10. The summed E-state index contributed by atoms with van der Waals surface area (Å²) in [5, 5.41) is 1.24. The van der Waals surface area contributed by atoms with Gasteiger partial charge in [0.05, 0.1) is 11.6 Å². The van der Waals surface area contributed by atoms with E-state index in [-0.39, 0.29) is 11.8 Å². The number of hydrazine groups is 1. The number of fused-ring (bicyclic) bond motifs is 1. The van der Waals surface area contributed by atoms with Crippen molar-refractivity contribution >= 4 is 11.6 Å². The molecule has 0 radical (unpaired) electrons. The molecule has 0 saturated heterocycles. The highest BCUT2D eigenvalue weighted by atomic mass is 16.2. The first-order chi connectivity index (χ1) is 8.29. The minimum atomic E-state index is -0.266. The van der Waals surface area contributed by atoms with Crippen LogP contribution in [0.4, 0.5) is 5.69 Å². The maximum atomic E-state index is 12.2. The van der Waals surface area contributed by atoms with Crippen molar-refractivity contribution in [2.75, 3.05) is 5.01 Å². The van der Waals surface area contributed by atoms with Crippen LogP contribution >= 0.6 is 0 Å². The van der Waals surface area contributed by atoms with E-state index in [4.69, 9.17) is 5.84 Å². The lowest BCUT2D eigenvalue weighted by molar-refractivity contribution is -0.118. The van der Waals surface area contributed by atoms with Crippen LogP contribution in [0.2, 0.25) is 0 Å². The minimum Gasteiger partial charge on any atom is -0.272 e. The van der Waals surface area contributed by atoms with E-state index in [1.165, 1.54) is 5.01 Å². The van der Waals surface area contributed by atoms with Gasteiger partial charge in [0.1, 0.15) is 0 Å². The number of nitrogens with zero attached hydrogens (tertiary/aromatic N) is 1. The van der Waals surface area contributed by atoms with Crippen LogP contribution in [0.1, 0.15) is 17.0 Å². The Hall–Kier alpha value is -2.13. The fraction of sp³-hybridized carbons (Fsp3) is 0.0714. The topological polar surface area (TPSA) is 46.3 Å². The monoisotopic (exact) mass is 224 g/mol. The summed E-state index contributed by atoms with van der Waals surface area (Å²) in [5.41, 5.74) is 2.76. The zero-order valence-corrected chi connectivity index (χ0v) is 9.21. The molecule has 1 atom stereocenters. The van der Waals surface area contributed by atoms with E-state index in [1.807, 2.05) is 54.6 Å². The largest absolute Gasteiger partial charge is 0.272 e. The van der Waals surface area contributed by atoms with Crippen molar-refractivity contribution in [2.24, 2.45) is 5.84 Å². The number of carbonyl (C=O) groups excluding carboxylic acids is 1. The highest BCUT2D eigenvalue weighted by molar-refractivity contribution is 6.06. The zero-order chi connectivity index (χ0) is 11.8. The molecule has 1 amide bonds. The van der Waals surface area contributed by atoms with Crippen LogP contribution in [0.3, 0.4) is 0 Å². The Morgan fingerprint density at radius 2 is 1.59 bits per heavy atom. The molecule has 0 aliphatic carbocycles. The Kier molecular flexibility index (Phi) is 2.20. The highest BCUT2D eigenvalue weighted by Gasteiger charge is 2.36. The molecule has 3 rings (SSSR count). The van der Waals surface area contributed by atoms with Crippen LogP contribution in [0.15, 0.2) is 54.6 Å². The lowest BCUT2D eigenvalue weighted by atomic mass is 9.93. The summed E-state index contributed by atoms with van der Waals surface area (Å²) in [5.74, 6) is 5.46. The molecule has 84 valence electrons. The second kappa shape index (κ2) is 3.71. The third kappa shape index (κ3) is 1.44. The maximum Gasteiger partial charge on any atom is 0.253 e. The molecule has 1 aliphatic heterocycles. The van der Waals surface area contributed by atoms with Crippen molar-refractivity contribution in [1.29, 1.82) is 0 Å². The van der Waals surface area contributed by atoms with Gasteiger partial charge in [-0.15, -0.1) is 0 Å². The van der Waals surface area contributed by atoms with Crippen LogP contribution in [0.25, 0.3) is 0 Å². The summed E-state index contributed by atoms with van der Waals surface area (Å²) in [6.07, 6.45) is 0. The third-order valence-electron chi connectivity index (χ3n) is 3.12. The Balaban J connectivity index is 2.16. The normalized spacial score (nSPS) is 18.3. The van der Waals surface area contributed by atoms with Gasteiger partial charge in [-0.1, -0.05) is 48.5 Å². The van der Waals surface area contributed by atoms with Gasteiger partial charge in [0.25, 0.3) is 5.91 Å². The summed E-state index contributed by atoms with van der Waals surface area (Å²) in [6.45, 7) is 0. The van der Waals surface area contributed by atoms with Gasteiger partial charge in [-0.3, -0.25) is 4.79 Å². The molecule has 0 aromatic heterocycles. The number of rotatable bonds is 1. The number of para-hydroxylation sites is 1. The fourth-order valence-electron chi connectivity index (χ4n) is 2.31. The van der Waals surface area contributed by atoms with E-state index in [1.54, 1.807) is 0 Å². The summed E-state index contributed by atoms with van der Waals surface area (Å²) < 4.78 is 0. The van der Waals surface area contributed by atoms with Gasteiger partial charge in [0, 0.05) is 0 Å². The van der Waals surface area contributed by atoms with E-state index in [9.17, 15) is 4.79 Å². The van der Waals surface area contributed by atoms with Gasteiger partial charge in [0.15, 0.2) is 0 Å². The Labute approximate surface area is 99.4 Å². The highest BCUT2D eigenvalue weighted by Crippen LogP contribution is 2.38. The maximum absolute atomic E-state index is 12.2. The molecule has 0 spiro atoms. The van der Waals surface area contributed by atoms with E-state index in [0.717, 1.165) is 16.8 Å². The van der Waals surface area contributed by atoms with Crippen LogP contribution in [0.5, 0.6) is 0 Å². The van der Waals surface area contributed by atoms with E-state index in [2.05, 4.69) is 0 Å². The summed E-state index contributed by atoms with van der Waals surface area (Å²) in [6, 6.07) is 17.4. The van der Waals surface area contributed by atoms with Gasteiger partial charge in [-0.2, -0.15) is 0 Å². The van der Waals surface area contributed by atoms with Gasteiger partial charge in [-0.25, -0.2) is 10.9 Å². The molecule has 2 aromatic rings. The first kappa shape index (κ1) is 10.1. The van der Waals surface area contributed by atoms with Crippen LogP contribution in [-0.2, 0) is 4.79 Å². The molecule has 1 heterocycles. The quantitative estimate of drug-likeness (QED) is 0.595. The Morgan fingerprint density at radius 1 is 0.941 bits per heavy atom. The molecule has 1 aliphatic rings. The molecule has 2 N–H and O–H groups in total. The van der Waals surface area contributed by atoms with Gasteiger partial charge < -0.3 is 0 Å². The average molecular weight is 224 g/mol. The minimum absolute atomic E-state index is 0.0719. The van der Waals surface area contributed by atoms with E-state index < -0.39 is 0 Å². The van der Waals surface area contributed by atoms with Crippen LogP contribution in [-0.4, -0.2) is 5.91 Å². The first-order valence-corrected chi connectivity index (χ1v) is 5.51. The predicted octanol–water partition coefficient (Wildman–Crippen LogP) is 2.04. The third-order valence-corrected chi connectivity index (χ3v) is 3.12. The number of nitrogens with two attached hydrogens (primary N) is 1. The summed E-state index contributed by atoms with van der Waals surface area (Å²) >= 11 is 0. The molecular weight excluding hydrogens is 212 g/mol. The number of anilines is 1. The number of benzene rings is 2.